The lowest BCUT2D eigenvalue weighted by molar-refractivity contribution is 0.275. The average molecular weight is 277 g/mol. The zero-order chi connectivity index (χ0) is 13.9. The lowest BCUT2D eigenvalue weighted by Crippen LogP contribution is -2.28. The minimum atomic E-state index is -0.0574. The van der Waals surface area contributed by atoms with Crippen LogP contribution < -0.4 is 16.0 Å². The third-order valence-electron chi connectivity index (χ3n) is 4.75. The number of nitrogens with two attached hydrogens (primary N) is 1. The summed E-state index contributed by atoms with van der Waals surface area (Å²) in [6.07, 6.45) is 7.79. The van der Waals surface area contributed by atoms with E-state index in [2.05, 4.69) is 5.10 Å². The Morgan fingerprint density at radius 2 is 2.30 bits per heavy atom. The van der Waals surface area contributed by atoms with E-state index in [1.165, 1.54) is 31.7 Å². The molecule has 0 spiro atoms. The molecule has 2 N–H and O–H groups in total. The molecule has 0 saturated heterocycles. The highest BCUT2D eigenvalue weighted by molar-refractivity contribution is 5.13. The molecule has 20 heavy (non-hydrogen) atoms. The van der Waals surface area contributed by atoms with Gasteiger partial charge in [0.1, 0.15) is 5.75 Å². The van der Waals surface area contributed by atoms with Crippen molar-refractivity contribution in [3.8, 4) is 5.75 Å². The van der Waals surface area contributed by atoms with Gasteiger partial charge in [0, 0.05) is 12.6 Å². The van der Waals surface area contributed by atoms with E-state index >= 15 is 0 Å². The topological polar surface area (TPSA) is 70.1 Å². The Morgan fingerprint density at radius 1 is 1.40 bits per heavy atom. The molecule has 5 heteroatoms. The maximum Gasteiger partial charge on any atom is 0.270 e. The Bertz CT molecular complexity index is 514. The molecule has 2 aliphatic carbocycles. The number of nitrogens with zero attached hydrogens (tertiary/aromatic N) is 2. The molecule has 0 amide bonds. The summed E-state index contributed by atoms with van der Waals surface area (Å²) in [5.74, 6) is 2.91. The van der Waals surface area contributed by atoms with Gasteiger partial charge >= 0.3 is 0 Å². The Morgan fingerprint density at radius 3 is 2.95 bits per heavy atom. The van der Waals surface area contributed by atoms with E-state index < -0.39 is 0 Å². The number of rotatable bonds is 6. The fraction of sp³-hybridized carbons (Fsp3) is 0.733. The van der Waals surface area contributed by atoms with E-state index in [0.29, 0.717) is 24.8 Å². The first-order chi connectivity index (χ1) is 9.76. The van der Waals surface area contributed by atoms with Crippen molar-refractivity contribution in [2.75, 3.05) is 13.2 Å². The van der Waals surface area contributed by atoms with Gasteiger partial charge in [-0.1, -0.05) is 6.42 Å². The minimum absolute atomic E-state index is 0.0574. The fourth-order valence-electron chi connectivity index (χ4n) is 3.73. The molecule has 110 valence electrons. The van der Waals surface area contributed by atoms with E-state index in [0.717, 1.165) is 24.8 Å². The maximum atomic E-state index is 12.1. The molecule has 3 atom stereocenters. The van der Waals surface area contributed by atoms with Crippen molar-refractivity contribution in [3.63, 3.8) is 0 Å². The van der Waals surface area contributed by atoms with Crippen LogP contribution in [0.15, 0.2) is 17.1 Å². The normalized spacial score (nSPS) is 27.9. The molecule has 1 aromatic rings. The molecular formula is C15H23N3O2. The van der Waals surface area contributed by atoms with Crippen molar-refractivity contribution in [3.05, 3.63) is 22.6 Å². The number of ether oxygens (including phenoxy) is 1. The third-order valence-corrected chi connectivity index (χ3v) is 4.75. The van der Waals surface area contributed by atoms with Crippen LogP contribution in [-0.2, 0) is 6.54 Å². The Balaban J connectivity index is 1.61. The highest BCUT2D eigenvalue weighted by Crippen LogP contribution is 2.48. The van der Waals surface area contributed by atoms with Gasteiger partial charge in [-0.3, -0.25) is 4.79 Å². The SMILES string of the molecule is NCCCOc1cnn(CC2CC3CCC2C3)c(=O)c1. The van der Waals surface area contributed by atoms with Crippen LogP contribution in [0, 0.1) is 17.8 Å². The first-order valence-electron chi connectivity index (χ1n) is 7.66. The van der Waals surface area contributed by atoms with Crippen LogP contribution in [0.1, 0.15) is 32.1 Å². The molecule has 3 rings (SSSR count). The highest BCUT2D eigenvalue weighted by atomic mass is 16.5. The molecule has 5 nitrogen and oxygen atoms in total. The number of fused-ring (bicyclic) bond motifs is 2. The van der Waals surface area contributed by atoms with Gasteiger partial charge in [-0.2, -0.15) is 5.10 Å². The molecule has 2 saturated carbocycles. The van der Waals surface area contributed by atoms with Crippen LogP contribution in [0.2, 0.25) is 0 Å². The van der Waals surface area contributed by atoms with Crippen LogP contribution in [-0.4, -0.2) is 22.9 Å². The van der Waals surface area contributed by atoms with Crippen molar-refractivity contribution in [2.45, 2.75) is 38.6 Å². The summed E-state index contributed by atoms with van der Waals surface area (Å²) in [7, 11) is 0. The van der Waals surface area contributed by atoms with Crippen molar-refractivity contribution >= 4 is 0 Å². The molecule has 0 aliphatic heterocycles. The molecule has 1 aromatic heterocycles. The summed E-state index contributed by atoms with van der Waals surface area (Å²) < 4.78 is 7.04. The van der Waals surface area contributed by atoms with Gasteiger partial charge in [0.25, 0.3) is 5.56 Å². The average Bonchev–Trinajstić information content (AvgIpc) is 3.04. The van der Waals surface area contributed by atoms with Gasteiger partial charge < -0.3 is 10.5 Å². The first-order valence-corrected chi connectivity index (χ1v) is 7.66. The summed E-state index contributed by atoms with van der Waals surface area (Å²) in [5.41, 5.74) is 5.35. The second-order valence-corrected chi connectivity index (χ2v) is 6.14. The van der Waals surface area contributed by atoms with Crippen LogP contribution in [0.5, 0.6) is 5.75 Å². The lowest BCUT2D eigenvalue weighted by Gasteiger charge is -2.21. The summed E-state index contributed by atoms with van der Waals surface area (Å²) in [6.45, 7) is 1.89. The minimum Gasteiger partial charge on any atom is -0.492 e. The number of hydrogen-bond donors (Lipinski definition) is 1. The number of hydrogen-bond acceptors (Lipinski definition) is 4. The largest absolute Gasteiger partial charge is 0.492 e. The van der Waals surface area contributed by atoms with Gasteiger partial charge in [0.2, 0.25) is 0 Å². The van der Waals surface area contributed by atoms with Gasteiger partial charge in [0.05, 0.1) is 12.8 Å². The molecule has 2 bridgehead atoms. The monoisotopic (exact) mass is 277 g/mol. The maximum absolute atomic E-state index is 12.1. The molecule has 0 radical (unpaired) electrons. The van der Waals surface area contributed by atoms with Crippen molar-refractivity contribution in [1.82, 2.24) is 9.78 Å². The molecule has 3 unspecified atom stereocenters. The Labute approximate surface area is 119 Å². The zero-order valence-electron chi connectivity index (χ0n) is 11.8. The van der Waals surface area contributed by atoms with E-state index in [4.69, 9.17) is 10.5 Å². The standard InChI is InChI=1S/C15H23N3O2/c16-4-1-5-20-14-8-15(19)18(17-9-14)10-13-7-11-2-3-12(13)6-11/h8-9,11-13H,1-7,10,16H2. The van der Waals surface area contributed by atoms with Crippen LogP contribution in [0.3, 0.4) is 0 Å². The van der Waals surface area contributed by atoms with Crippen molar-refractivity contribution in [1.29, 1.82) is 0 Å². The predicted molar refractivity (Wildman–Crippen MR) is 76.6 cm³/mol. The Kier molecular flexibility index (Phi) is 4.05. The quantitative estimate of drug-likeness (QED) is 0.798. The lowest BCUT2D eigenvalue weighted by atomic mass is 9.89. The van der Waals surface area contributed by atoms with E-state index in [9.17, 15) is 4.79 Å². The second-order valence-electron chi connectivity index (χ2n) is 6.14. The molecular weight excluding hydrogens is 254 g/mol. The van der Waals surface area contributed by atoms with Crippen LogP contribution >= 0.6 is 0 Å². The number of aromatic nitrogens is 2. The smallest absolute Gasteiger partial charge is 0.270 e. The Hall–Kier alpha value is -1.36. The fourth-order valence-corrected chi connectivity index (χ4v) is 3.73. The molecule has 1 heterocycles. The van der Waals surface area contributed by atoms with E-state index in [-0.39, 0.29) is 5.56 Å². The second kappa shape index (κ2) is 5.95. The third kappa shape index (κ3) is 2.87. The van der Waals surface area contributed by atoms with Crippen molar-refractivity contribution in [2.24, 2.45) is 23.5 Å². The zero-order valence-corrected chi connectivity index (χ0v) is 11.8. The highest BCUT2D eigenvalue weighted by Gasteiger charge is 2.39. The molecule has 0 aromatic carbocycles. The van der Waals surface area contributed by atoms with Gasteiger partial charge in [0.15, 0.2) is 0 Å². The summed E-state index contributed by atoms with van der Waals surface area (Å²) in [5, 5.41) is 4.25. The molecule has 2 fully saturated rings. The predicted octanol–water partition coefficient (Wildman–Crippen LogP) is 1.41. The van der Waals surface area contributed by atoms with E-state index in [1.54, 1.807) is 10.9 Å². The summed E-state index contributed by atoms with van der Waals surface area (Å²) in [6, 6.07) is 1.54. The summed E-state index contributed by atoms with van der Waals surface area (Å²) >= 11 is 0. The van der Waals surface area contributed by atoms with E-state index in [1.807, 2.05) is 0 Å². The van der Waals surface area contributed by atoms with Crippen molar-refractivity contribution < 1.29 is 4.74 Å². The van der Waals surface area contributed by atoms with Gasteiger partial charge in [-0.15, -0.1) is 0 Å². The van der Waals surface area contributed by atoms with Crippen LogP contribution in [0.4, 0.5) is 0 Å². The molecule has 2 aliphatic rings. The van der Waals surface area contributed by atoms with Crippen LogP contribution in [0.25, 0.3) is 0 Å². The van der Waals surface area contributed by atoms with Gasteiger partial charge in [-0.05, 0) is 50.0 Å². The summed E-state index contributed by atoms with van der Waals surface area (Å²) in [4.78, 5) is 12.1. The first kappa shape index (κ1) is 13.6. The van der Waals surface area contributed by atoms with Gasteiger partial charge in [-0.25, -0.2) is 4.68 Å².